The van der Waals surface area contributed by atoms with E-state index in [0.29, 0.717) is 23.5 Å². The van der Waals surface area contributed by atoms with Gasteiger partial charge in [-0.3, -0.25) is 4.79 Å². The van der Waals surface area contributed by atoms with Crippen molar-refractivity contribution in [3.05, 3.63) is 71.0 Å². The normalized spacial score (nSPS) is 10.1. The van der Waals surface area contributed by atoms with Crippen LogP contribution in [0, 0.1) is 5.82 Å². The second-order valence-corrected chi connectivity index (χ2v) is 5.17. The molecule has 0 aliphatic carbocycles. The third kappa shape index (κ3) is 4.65. The van der Waals surface area contributed by atoms with Crippen LogP contribution in [0.15, 0.2) is 48.5 Å². The lowest BCUT2D eigenvalue weighted by Gasteiger charge is -2.06. The molecule has 21 heavy (non-hydrogen) atoms. The molecule has 0 aliphatic rings. The fourth-order valence-electron chi connectivity index (χ4n) is 1.86. The molecule has 3 nitrogen and oxygen atoms in total. The summed E-state index contributed by atoms with van der Waals surface area (Å²) in [5, 5.41) is 2.78. The molecule has 2 aromatic carbocycles. The summed E-state index contributed by atoms with van der Waals surface area (Å²) in [4.78, 5) is 12.4. The molecule has 1 amide bonds. The maximum atomic E-state index is 12.8. The lowest BCUT2D eigenvalue weighted by atomic mass is 10.1. The molecule has 0 fully saturated rings. The molecule has 0 spiro atoms. The lowest BCUT2D eigenvalue weighted by molar-refractivity contribution is 0.0951. The summed E-state index contributed by atoms with van der Waals surface area (Å²) < 4.78 is 12.8. The van der Waals surface area contributed by atoms with E-state index < -0.39 is 0 Å². The number of amides is 1. The Morgan fingerprint density at radius 1 is 1.05 bits per heavy atom. The lowest BCUT2D eigenvalue weighted by Crippen LogP contribution is -2.22. The molecular weight excluding hydrogens is 287 g/mol. The van der Waals surface area contributed by atoms with Gasteiger partial charge in [0.2, 0.25) is 0 Å². The van der Waals surface area contributed by atoms with E-state index in [1.54, 1.807) is 24.3 Å². The number of carbonyl (C=O) groups excluding carboxylic acids is 1. The number of benzene rings is 2. The molecule has 2 aromatic rings. The van der Waals surface area contributed by atoms with Crippen molar-refractivity contribution >= 4 is 23.1 Å². The Balaban J connectivity index is 1.93. The van der Waals surface area contributed by atoms with Crippen LogP contribution in [0.4, 0.5) is 4.39 Å². The smallest absolute Gasteiger partial charge is 0.251 e. The van der Waals surface area contributed by atoms with Gasteiger partial charge in [0, 0.05) is 18.5 Å². The van der Waals surface area contributed by atoms with Gasteiger partial charge in [-0.1, -0.05) is 36.5 Å². The Bertz CT molecular complexity index is 638. The van der Waals surface area contributed by atoms with Crippen LogP contribution in [0.1, 0.15) is 21.5 Å². The topological polar surface area (TPSA) is 55.1 Å². The van der Waals surface area contributed by atoms with Crippen molar-refractivity contribution in [2.45, 2.75) is 13.0 Å². The maximum absolute atomic E-state index is 12.8. The SMILES string of the molecule is NC(=S)Cc1ccc(C(=O)NCc2ccc(F)cc2)cc1. The van der Waals surface area contributed by atoms with E-state index in [-0.39, 0.29) is 11.7 Å². The van der Waals surface area contributed by atoms with Crippen LogP contribution in [-0.2, 0) is 13.0 Å². The van der Waals surface area contributed by atoms with Crippen molar-refractivity contribution in [3.8, 4) is 0 Å². The van der Waals surface area contributed by atoms with Crippen molar-refractivity contribution in [1.29, 1.82) is 0 Å². The highest BCUT2D eigenvalue weighted by Gasteiger charge is 2.05. The van der Waals surface area contributed by atoms with Crippen LogP contribution in [0.25, 0.3) is 0 Å². The Kier molecular flexibility index (Phi) is 5.00. The largest absolute Gasteiger partial charge is 0.393 e. The summed E-state index contributed by atoms with van der Waals surface area (Å²) in [5.74, 6) is -0.473. The number of nitrogens with two attached hydrogens (primary N) is 1. The van der Waals surface area contributed by atoms with E-state index in [4.69, 9.17) is 18.0 Å². The second-order valence-electron chi connectivity index (χ2n) is 4.65. The van der Waals surface area contributed by atoms with Gasteiger partial charge in [-0.15, -0.1) is 0 Å². The highest BCUT2D eigenvalue weighted by molar-refractivity contribution is 7.80. The molecule has 2 rings (SSSR count). The molecule has 108 valence electrons. The molecule has 0 saturated heterocycles. The summed E-state index contributed by atoms with van der Waals surface area (Å²) in [6.45, 7) is 0.355. The highest BCUT2D eigenvalue weighted by Crippen LogP contribution is 2.07. The van der Waals surface area contributed by atoms with Crippen LogP contribution in [0.2, 0.25) is 0 Å². The zero-order valence-electron chi connectivity index (χ0n) is 11.3. The Morgan fingerprint density at radius 3 is 2.19 bits per heavy atom. The minimum atomic E-state index is -0.293. The number of carbonyl (C=O) groups is 1. The van der Waals surface area contributed by atoms with Crippen molar-refractivity contribution in [1.82, 2.24) is 5.32 Å². The van der Waals surface area contributed by atoms with Crippen LogP contribution in [0.3, 0.4) is 0 Å². The Morgan fingerprint density at radius 2 is 1.62 bits per heavy atom. The van der Waals surface area contributed by atoms with Crippen molar-refractivity contribution in [3.63, 3.8) is 0 Å². The zero-order chi connectivity index (χ0) is 15.2. The van der Waals surface area contributed by atoms with Crippen LogP contribution in [-0.4, -0.2) is 10.9 Å². The predicted molar refractivity (Wildman–Crippen MR) is 84.5 cm³/mol. The standard InChI is InChI=1S/C16H15FN2OS/c17-14-7-3-12(4-8-14)10-19-16(20)13-5-1-11(2-6-13)9-15(18)21/h1-8H,9-10H2,(H2,18,21)(H,19,20). The van der Waals surface area contributed by atoms with E-state index in [2.05, 4.69) is 5.32 Å². The molecule has 0 radical (unpaired) electrons. The number of nitrogens with one attached hydrogen (secondary N) is 1. The van der Waals surface area contributed by atoms with Gasteiger partial charge >= 0.3 is 0 Å². The quantitative estimate of drug-likeness (QED) is 0.835. The second kappa shape index (κ2) is 6.95. The predicted octanol–water partition coefficient (Wildman–Crippen LogP) is 2.58. The Labute approximate surface area is 128 Å². The molecule has 0 heterocycles. The van der Waals surface area contributed by atoms with Crippen LogP contribution in [0.5, 0.6) is 0 Å². The van der Waals surface area contributed by atoms with Gasteiger partial charge < -0.3 is 11.1 Å². The number of hydrogen-bond donors (Lipinski definition) is 2. The molecule has 0 saturated carbocycles. The minimum Gasteiger partial charge on any atom is -0.393 e. The molecular formula is C16H15FN2OS. The van der Waals surface area contributed by atoms with Crippen LogP contribution < -0.4 is 11.1 Å². The average Bonchev–Trinajstić information content (AvgIpc) is 2.46. The first-order valence-corrected chi connectivity index (χ1v) is 6.85. The van der Waals surface area contributed by atoms with Crippen molar-refractivity contribution < 1.29 is 9.18 Å². The minimum absolute atomic E-state index is 0.179. The fraction of sp³-hybridized carbons (Fsp3) is 0.125. The van der Waals surface area contributed by atoms with E-state index in [0.717, 1.165) is 11.1 Å². The van der Waals surface area contributed by atoms with Gasteiger partial charge in [-0.05, 0) is 35.4 Å². The molecule has 0 atom stereocenters. The number of rotatable bonds is 5. The number of hydrogen-bond acceptors (Lipinski definition) is 2. The first-order chi connectivity index (χ1) is 10.0. The van der Waals surface area contributed by atoms with Crippen LogP contribution >= 0.6 is 12.2 Å². The van der Waals surface area contributed by atoms with E-state index in [1.807, 2.05) is 12.1 Å². The Hall–Kier alpha value is -2.27. The molecule has 0 aliphatic heterocycles. The van der Waals surface area contributed by atoms with Gasteiger partial charge in [0.25, 0.3) is 5.91 Å². The van der Waals surface area contributed by atoms with Gasteiger partial charge in [-0.2, -0.15) is 0 Å². The molecule has 0 aromatic heterocycles. The first-order valence-electron chi connectivity index (χ1n) is 6.44. The summed E-state index contributed by atoms with van der Waals surface area (Å²) in [7, 11) is 0. The monoisotopic (exact) mass is 302 g/mol. The summed E-state index contributed by atoms with van der Waals surface area (Å²) in [5.41, 5.74) is 7.84. The molecule has 5 heteroatoms. The summed E-state index contributed by atoms with van der Waals surface area (Å²) in [6, 6.07) is 13.1. The molecule has 3 N–H and O–H groups in total. The third-order valence-electron chi connectivity index (χ3n) is 2.96. The average molecular weight is 302 g/mol. The van der Waals surface area contributed by atoms with Gasteiger partial charge in [0.05, 0.1) is 4.99 Å². The summed E-state index contributed by atoms with van der Waals surface area (Å²) in [6.07, 6.45) is 0.521. The van der Waals surface area contributed by atoms with E-state index in [9.17, 15) is 9.18 Å². The number of halogens is 1. The van der Waals surface area contributed by atoms with Crippen molar-refractivity contribution in [2.24, 2.45) is 5.73 Å². The molecule has 0 bridgehead atoms. The number of thiocarbonyl (C=S) groups is 1. The highest BCUT2D eigenvalue weighted by atomic mass is 32.1. The van der Waals surface area contributed by atoms with Gasteiger partial charge in [0.1, 0.15) is 5.82 Å². The molecule has 0 unspecified atom stereocenters. The first kappa shape index (κ1) is 15.1. The summed E-state index contributed by atoms with van der Waals surface area (Å²) >= 11 is 4.84. The van der Waals surface area contributed by atoms with E-state index >= 15 is 0 Å². The van der Waals surface area contributed by atoms with Gasteiger partial charge in [0.15, 0.2) is 0 Å². The van der Waals surface area contributed by atoms with E-state index in [1.165, 1.54) is 12.1 Å². The third-order valence-corrected chi connectivity index (χ3v) is 3.11. The maximum Gasteiger partial charge on any atom is 0.251 e. The zero-order valence-corrected chi connectivity index (χ0v) is 12.1. The van der Waals surface area contributed by atoms with Gasteiger partial charge in [-0.25, -0.2) is 4.39 Å². The van der Waals surface area contributed by atoms with Crippen molar-refractivity contribution in [2.75, 3.05) is 0 Å². The fourth-order valence-corrected chi connectivity index (χ4v) is 2.03.